The number of hydrogen-bond acceptors (Lipinski definition) is 3. The molecular weight excluding hydrogens is 248 g/mol. The molecule has 0 aromatic heterocycles. The normalized spacial score (nSPS) is 27.5. The lowest BCUT2D eigenvalue weighted by Gasteiger charge is -2.32. The van der Waals surface area contributed by atoms with Gasteiger partial charge in [0, 0.05) is 13.0 Å². The van der Waals surface area contributed by atoms with Gasteiger partial charge < -0.3 is 4.90 Å². The van der Waals surface area contributed by atoms with Gasteiger partial charge in [-0.1, -0.05) is 24.3 Å². The van der Waals surface area contributed by atoms with Crippen molar-refractivity contribution in [3.05, 3.63) is 35.4 Å². The van der Waals surface area contributed by atoms with Crippen LogP contribution in [0.2, 0.25) is 0 Å². The fourth-order valence-electron chi connectivity index (χ4n) is 3.54. The Hall–Kier alpha value is -1.19. The van der Waals surface area contributed by atoms with E-state index < -0.39 is 0 Å². The molecule has 108 valence electrons. The van der Waals surface area contributed by atoms with Crippen LogP contribution in [0.4, 0.5) is 0 Å². The number of rotatable bonds is 3. The lowest BCUT2D eigenvalue weighted by molar-refractivity contribution is -0.124. The SMILES string of the molecule is CN1CCCN(C)C(C(=O)CC2Cc3ccccc32)C1. The molecule has 3 rings (SSSR count). The standard InChI is InChI=1S/C17H24N2O/c1-18-8-5-9-19(2)16(12-18)17(20)11-14-10-13-6-3-4-7-15(13)14/h3-4,6-7,14,16H,5,8-12H2,1-2H3. The van der Waals surface area contributed by atoms with Gasteiger partial charge in [-0.05, 0) is 57.1 Å². The minimum atomic E-state index is 0.0789. The Bertz CT molecular complexity index is 500. The number of likely N-dealkylation sites (N-methyl/N-ethyl adjacent to an activating group) is 2. The van der Waals surface area contributed by atoms with Crippen LogP contribution in [0.25, 0.3) is 0 Å². The highest BCUT2D eigenvalue weighted by molar-refractivity contribution is 5.85. The Labute approximate surface area is 121 Å². The number of Topliss-reactive ketones (excluding diaryl/α,β-unsaturated/α-hetero) is 1. The number of carbonyl (C=O) groups is 1. The summed E-state index contributed by atoms with van der Waals surface area (Å²) in [6.07, 6.45) is 2.94. The van der Waals surface area contributed by atoms with Crippen molar-refractivity contribution in [2.45, 2.75) is 31.2 Å². The van der Waals surface area contributed by atoms with Gasteiger partial charge in [0.05, 0.1) is 6.04 Å². The van der Waals surface area contributed by atoms with Gasteiger partial charge in [0.2, 0.25) is 0 Å². The first kappa shape index (κ1) is 13.8. The topological polar surface area (TPSA) is 23.6 Å². The van der Waals surface area contributed by atoms with Crippen LogP contribution >= 0.6 is 0 Å². The molecule has 1 aromatic carbocycles. The molecule has 0 N–H and O–H groups in total. The molecule has 0 amide bonds. The van der Waals surface area contributed by atoms with Crippen molar-refractivity contribution < 1.29 is 4.79 Å². The van der Waals surface area contributed by atoms with Crippen LogP contribution in [0.15, 0.2) is 24.3 Å². The van der Waals surface area contributed by atoms with Gasteiger partial charge >= 0.3 is 0 Å². The lowest BCUT2D eigenvalue weighted by Crippen LogP contribution is -2.44. The van der Waals surface area contributed by atoms with E-state index >= 15 is 0 Å². The van der Waals surface area contributed by atoms with E-state index in [1.165, 1.54) is 11.1 Å². The van der Waals surface area contributed by atoms with Crippen molar-refractivity contribution in [1.29, 1.82) is 0 Å². The Morgan fingerprint density at radius 2 is 2.05 bits per heavy atom. The number of fused-ring (bicyclic) bond motifs is 1. The van der Waals surface area contributed by atoms with Crippen LogP contribution in [-0.2, 0) is 11.2 Å². The second kappa shape index (κ2) is 5.66. The molecule has 0 radical (unpaired) electrons. The van der Waals surface area contributed by atoms with Crippen molar-refractivity contribution in [1.82, 2.24) is 9.80 Å². The second-order valence-electron chi connectivity index (χ2n) is 6.38. The molecule has 1 fully saturated rings. The smallest absolute Gasteiger partial charge is 0.151 e. The van der Waals surface area contributed by atoms with Crippen molar-refractivity contribution in [2.24, 2.45) is 0 Å². The van der Waals surface area contributed by atoms with Crippen molar-refractivity contribution in [3.63, 3.8) is 0 Å². The highest BCUT2D eigenvalue weighted by atomic mass is 16.1. The average molecular weight is 272 g/mol. The molecule has 3 nitrogen and oxygen atoms in total. The Morgan fingerprint density at radius 3 is 2.85 bits per heavy atom. The molecule has 0 bridgehead atoms. The van der Waals surface area contributed by atoms with Crippen LogP contribution < -0.4 is 0 Å². The number of nitrogens with zero attached hydrogens (tertiary/aromatic N) is 2. The zero-order valence-electron chi connectivity index (χ0n) is 12.5. The van der Waals surface area contributed by atoms with E-state index in [0.717, 1.165) is 32.5 Å². The first-order valence-corrected chi connectivity index (χ1v) is 7.64. The van der Waals surface area contributed by atoms with E-state index in [1.807, 2.05) is 0 Å². The van der Waals surface area contributed by atoms with Crippen molar-refractivity contribution >= 4 is 5.78 Å². The maximum Gasteiger partial charge on any atom is 0.151 e. The van der Waals surface area contributed by atoms with Crippen LogP contribution in [0.5, 0.6) is 0 Å². The van der Waals surface area contributed by atoms with E-state index in [4.69, 9.17) is 0 Å². The minimum Gasteiger partial charge on any atom is -0.304 e. The number of benzene rings is 1. The summed E-state index contributed by atoms with van der Waals surface area (Å²) in [6.45, 7) is 3.01. The molecule has 0 saturated carbocycles. The van der Waals surface area contributed by atoms with Gasteiger partial charge in [-0.2, -0.15) is 0 Å². The summed E-state index contributed by atoms with van der Waals surface area (Å²) in [4.78, 5) is 17.2. The molecule has 1 aromatic rings. The molecule has 3 heteroatoms. The Balaban J connectivity index is 1.65. The number of carbonyl (C=O) groups excluding carboxylic acids is 1. The third kappa shape index (κ3) is 2.65. The first-order valence-electron chi connectivity index (χ1n) is 7.64. The summed E-state index contributed by atoms with van der Waals surface area (Å²) in [5.74, 6) is 0.876. The minimum absolute atomic E-state index is 0.0789. The van der Waals surface area contributed by atoms with Crippen LogP contribution in [0.1, 0.15) is 29.9 Å². The summed E-state index contributed by atoms with van der Waals surface area (Å²) in [6, 6.07) is 8.61. The van der Waals surface area contributed by atoms with Gasteiger partial charge in [-0.25, -0.2) is 0 Å². The van der Waals surface area contributed by atoms with Crippen molar-refractivity contribution in [3.8, 4) is 0 Å². The molecular formula is C17H24N2O. The zero-order chi connectivity index (χ0) is 14.1. The fourth-order valence-corrected chi connectivity index (χ4v) is 3.54. The summed E-state index contributed by atoms with van der Waals surface area (Å²) in [5.41, 5.74) is 2.82. The predicted octanol–water partition coefficient (Wildman–Crippen LogP) is 1.92. The second-order valence-corrected chi connectivity index (χ2v) is 6.38. The molecule has 20 heavy (non-hydrogen) atoms. The van der Waals surface area contributed by atoms with Gasteiger partial charge in [-0.15, -0.1) is 0 Å². The molecule has 1 aliphatic carbocycles. The molecule has 2 atom stereocenters. The first-order chi connectivity index (χ1) is 9.65. The monoisotopic (exact) mass is 272 g/mol. The predicted molar refractivity (Wildman–Crippen MR) is 81.0 cm³/mol. The van der Waals surface area contributed by atoms with Crippen LogP contribution in [-0.4, -0.2) is 55.4 Å². The summed E-state index contributed by atoms with van der Waals surface area (Å²) in [5, 5.41) is 0. The van der Waals surface area contributed by atoms with E-state index in [9.17, 15) is 4.79 Å². The van der Waals surface area contributed by atoms with E-state index in [0.29, 0.717) is 18.1 Å². The maximum atomic E-state index is 12.7. The third-order valence-corrected chi connectivity index (χ3v) is 4.85. The van der Waals surface area contributed by atoms with Crippen LogP contribution in [0.3, 0.4) is 0 Å². The molecule has 1 heterocycles. The van der Waals surface area contributed by atoms with E-state index in [-0.39, 0.29) is 6.04 Å². The molecule has 2 unspecified atom stereocenters. The Kier molecular flexibility index (Phi) is 3.90. The van der Waals surface area contributed by atoms with Crippen LogP contribution in [0, 0.1) is 0 Å². The van der Waals surface area contributed by atoms with E-state index in [2.05, 4.69) is 48.2 Å². The molecule has 1 saturated heterocycles. The summed E-state index contributed by atoms with van der Waals surface area (Å²) in [7, 11) is 4.22. The van der Waals surface area contributed by atoms with Gasteiger partial charge in [0.1, 0.15) is 0 Å². The fraction of sp³-hybridized carbons (Fsp3) is 0.588. The summed E-state index contributed by atoms with van der Waals surface area (Å²) >= 11 is 0. The Morgan fingerprint density at radius 1 is 1.25 bits per heavy atom. The number of ketones is 1. The molecule has 2 aliphatic rings. The zero-order valence-corrected chi connectivity index (χ0v) is 12.5. The van der Waals surface area contributed by atoms with Gasteiger partial charge in [0.15, 0.2) is 5.78 Å². The third-order valence-electron chi connectivity index (χ3n) is 4.85. The van der Waals surface area contributed by atoms with Gasteiger partial charge in [-0.3, -0.25) is 9.69 Å². The largest absolute Gasteiger partial charge is 0.304 e. The average Bonchev–Trinajstić information content (AvgIpc) is 2.57. The highest BCUT2D eigenvalue weighted by Crippen LogP contribution is 2.37. The number of hydrogen-bond donors (Lipinski definition) is 0. The molecule has 1 aliphatic heterocycles. The van der Waals surface area contributed by atoms with Gasteiger partial charge in [0.25, 0.3) is 0 Å². The lowest BCUT2D eigenvalue weighted by atomic mass is 9.74. The quantitative estimate of drug-likeness (QED) is 0.840. The van der Waals surface area contributed by atoms with E-state index in [1.54, 1.807) is 0 Å². The highest BCUT2D eigenvalue weighted by Gasteiger charge is 2.32. The van der Waals surface area contributed by atoms with Crippen molar-refractivity contribution in [2.75, 3.05) is 33.7 Å². The molecule has 0 spiro atoms. The summed E-state index contributed by atoms with van der Waals surface area (Å²) < 4.78 is 0. The maximum absolute atomic E-state index is 12.7.